The molecule has 0 atom stereocenters. The molecule has 102 valence electrons. The number of nitrogens with zero attached hydrogens (tertiary/aromatic N) is 3. The summed E-state index contributed by atoms with van der Waals surface area (Å²) in [6.07, 6.45) is 0.893. The number of hydrogen-bond acceptors (Lipinski definition) is 5. The lowest BCUT2D eigenvalue weighted by Crippen LogP contribution is -2.23. The van der Waals surface area contributed by atoms with Crippen LogP contribution in [0, 0.1) is 0 Å². The third-order valence-corrected chi connectivity index (χ3v) is 2.83. The van der Waals surface area contributed by atoms with E-state index in [0.29, 0.717) is 24.4 Å². The fraction of sp³-hybridized carbons (Fsp3) is 0.167. The van der Waals surface area contributed by atoms with Gasteiger partial charge in [0, 0.05) is 11.3 Å². The van der Waals surface area contributed by atoms with Crippen molar-refractivity contribution in [3.63, 3.8) is 0 Å². The Labute approximate surface area is 113 Å². The molecule has 1 fully saturated rings. The van der Waals surface area contributed by atoms with Crippen LogP contribution in [-0.4, -0.2) is 40.3 Å². The van der Waals surface area contributed by atoms with E-state index in [0.717, 1.165) is 0 Å². The van der Waals surface area contributed by atoms with Gasteiger partial charge in [0.15, 0.2) is 0 Å². The van der Waals surface area contributed by atoms with E-state index in [2.05, 4.69) is 20.5 Å². The Bertz CT molecular complexity index is 640. The van der Waals surface area contributed by atoms with Crippen molar-refractivity contribution in [1.29, 1.82) is 0 Å². The van der Waals surface area contributed by atoms with Crippen molar-refractivity contribution in [2.45, 2.75) is 0 Å². The first-order valence-electron chi connectivity index (χ1n) is 5.95. The van der Waals surface area contributed by atoms with Crippen molar-refractivity contribution in [2.75, 3.05) is 23.4 Å². The van der Waals surface area contributed by atoms with Gasteiger partial charge in [-0.15, -0.1) is 0 Å². The number of anilines is 2. The van der Waals surface area contributed by atoms with Gasteiger partial charge in [0.2, 0.25) is 5.95 Å². The van der Waals surface area contributed by atoms with Crippen molar-refractivity contribution in [2.24, 2.45) is 0 Å². The van der Waals surface area contributed by atoms with Crippen LogP contribution in [0.3, 0.4) is 0 Å². The summed E-state index contributed by atoms with van der Waals surface area (Å²) in [7, 11) is 0. The molecule has 0 spiro atoms. The van der Waals surface area contributed by atoms with Gasteiger partial charge in [0.1, 0.15) is 12.9 Å². The highest BCUT2D eigenvalue weighted by Gasteiger charge is 2.24. The minimum absolute atomic E-state index is 0.265. The summed E-state index contributed by atoms with van der Waals surface area (Å²) in [5.41, 5.74) is 1.04. The monoisotopic (exact) mass is 273 g/mol. The summed E-state index contributed by atoms with van der Waals surface area (Å²) < 4.78 is 4.87. The number of benzene rings is 1. The zero-order valence-electron chi connectivity index (χ0n) is 10.4. The Morgan fingerprint density at radius 1 is 1.45 bits per heavy atom. The fourth-order valence-corrected chi connectivity index (χ4v) is 1.89. The van der Waals surface area contributed by atoms with Crippen molar-refractivity contribution >= 4 is 23.6 Å². The van der Waals surface area contributed by atoms with Gasteiger partial charge in [0.05, 0.1) is 6.54 Å². The number of carbonyl (C=O) groups excluding carboxylic acids is 2. The van der Waals surface area contributed by atoms with Gasteiger partial charge in [-0.3, -0.25) is 15.0 Å². The standard InChI is InChI=1S/C12H11N5O3/c18-10(15-11-13-7-14-16-11)8-2-1-3-9(6-8)17-4-5-20-12(17)19/h1-3,6-7H,4-5H2,(H2,13,14,15,16,18). The molecule has 1 aromatic heterocycles. The second-order valence-electron chi connectivity index (χ2n) is 4.10. The van der Waals surface area contributed by atoms with Crippen LogP contribution >= 0.6 is 0 Å². The lowest BCUT2D eigenvalue weighted by Gasteiger charge is -2.13. The van der Waals surface area contributed by atoms with E-state index in [4.69, 9.17) is 4.74 Å². The predicted molar refractivity (Wildman–Crippen MR) is 69.5 cm³/mol. The van der Waals surface area contributed by atoms with Crippen LogP contribution < -0.4 is 10.2 Å². The molecule has 1 aliphatic rings. The van der Waals surface area contributed by atoms with E-state index in [-0.39, 0.29) is 11.9 Å². The van der Waals surface area contributed by atoms with Gasteiger partial charge in [-0.1, -0.05) is 6.07 Å². The quantitative estimate of drug-likeness (QED) is 0.869. The second kappa shape index (κ2) is 5.00. The van der Waals surface area contributed by atoms with Crippen molar-refractivity contribution in [3.8, 4) is 0 Å². The Hall–Kier alpha value is -2.90. The molecule has 0 radical (unpaired) electrons. The van der Waals surface area contributed by atoms with E-state index >= 15 is 0 Å². The highest BCUT2D eigenvalue weighted by atomic mass is 16.6. The number of cyclic esters (lactones) is 1. The molecule has 0 aliphatic carbocycles. The molecule has 2 aromatic rings. The highest BCUT2D eigenvalue weighted by Crippen LogP contribution is 2.20. The summed E-state index contributed by atoms with van der Waals surface area (Å²) in [4.78, 5) is 28.8. The van der Waals surface area contributed by atoms with Crippen molar-refractivity contribution < 1.29 is 14.3 Å². The maximum atomic E-state index is 12.0. The second-order valence-corrected chi connectivity index (χ2v) is 4.10. The molecule has 1 aromatic carbocycles. The summed E-state index contributed by atoms with van der Waals surface area (Å²) in [5, 5.41) is 8.74. The Kier molecular flexibility index (Phi) is 3.04. The molecule has 2 amide bonds. The lowest BCUT2D eigenvalue weighted by molar-refractivity contribution is 0.102. The van der Waals surface area contributed by atoms with E-state index in [1.807, 2.05) is 0 Å². The Morgan fingerprint density at radius 2 is 2.35 bits per heavy atom. The van der Waals surface area contributed by atoms with Crippen LogP contribution in [0.1, 0.15) is 10.4 Å². The first-order valence-corrected chi connectivity index (χ1v) is 5.95. The molecule has 2 heterocycles. The van der Waals surface area contributed by atoms with E-state index < -0.39 is 6.09 Å². The van der Waals surface area contributed by atoms with E-state index in [1.165, 1.54) is 11.2 Å². The predicted octanol–water partition coefficient (Wildman–Crippen LogP) is 1.01. The average Bonchev–Trinajstić information content (AvgIpc) is 3.10. The molecule has 1 aliphatic heterocycles. The fourth-order valence-electron chi connectivity index (χ4n) is 1.89. The number of ether oxygens (including phenoxy) is 1. The molecule has 8 nitrogen and oxygen atoms in total. The number of amides is 2. The molecule has 0 bridgehead atoms. The van der Waals surface area contributed by atoms with Gasteiger partial charge >= 0.3 is 6.09 Å². The van der Waals surface area contributed by atoms with Gasteiger partial charge in [-0.05, 0) is 18.2 Å². The summed E-state index contributed by atoms with van der Waals surface area (Å²) >= 11 is 0. The molecule has 3 rings (SSSR count). The zero-order chi connectivity index (χ0) is 13.9. The number of aromatic amines is 1. The first kappa shape index (κ1) is 12.2. The average molecular weight is 273 g/mol. The number of rotatable bonds is 3. The van der Waals surface area contributed by atoms with Crippen LogP contribution in [0.25, 0.3) is 0 Å². The number of nitrogens with one attached hydrogen (secondary N) is 2. The molecule has 8 heteroatoms. The number of aromatic nitrogens is 3. The number of carbonyl (C=O) groups is 2. The first-order chi connectivity index (χ1) is 9.74. The van der Waals surface area contributed by atoms with Crippen molar-refractivity contribution in [3.05, 3.63) is 36.2 Å². The van der Waals surface area contributed by atoms with Gasteiger partial charge in [-0.2, -0.15) is 10.1 Å². The van der Waals surface area contributed by atoms with Gasteiger partial charge < -0.3 is 4.74 Å². The highest BCUT2D eigenvalue weighted by molar-refractivity contribution is 6.04. The maximum absolute atomic E-state index is 12.0. The van der Waals surface area contributed by atoms with Gasteiger partial charge in [-0.25, -0.2) is 9.89 Å². The number of hydrogen-bond donors (Lipinski definition) is 2. The number of H-pyrrole nitrogens is 1. The van der Waals surface area contributed by atoms with Gasteiger partial charge in [0.25, 0.3) is 5.91 Å². The minimum Gasteiger partial charge on any atom is -0.447 e. The van der Waals surface area contributed by atoms with Crippen LogP contribution in [0.2, 0.25) is 0 Å². The summed E-state index contributed by atoms with van der Waals surface area (Å²) in [6.45, 7) is 0.833. The van der Waals surface area contributed by atoms with Crippen LogP contribution in [0.4, 0.5) is 16.4 Å². The topological polar surface area (TPSA) is 100 Å². The van der Waals surface area contributed by atoms with E-state index in [9.17, 15) is 9.59 Å². The lowest BCUT2D eigenvalue weighted by atomic mass is 10.2. The molecular formula is C12H11N5O3. The SMILES string of the molecule is O=C(Nc1ncn[nH]1)c1cccc(N2CCOC2=O)c1. The van der Waals surface area contributed by atoms with E-state index in [1.54, 1.807) is 24.3 Å². The summed E-state index contributed by atoms with van der Waals surface area (Å²) in [6, 6.07) is 6.73. The Morgan fingerprint density at radius 3 is 3.05 bits per heavy atom. The third-order valence-electron chi connectivity index (χ3n) is 2.83. The third kappa shape index (κ3) is 2.30. The molecular weight excluding hydrogens is 262 g/mol. The molecule has 2 N–H and O–H groups in total. The zero-order valence-corrected chi connectivity index (χ0v) is 10.4. The van der Waals surface area contributed by atoms with Crippen LogP contribution in [0.15, 0.2) is 30.6 Å². The van der Waals surface area contributed by atoms with Crippen LogP contribution in [-0.2, 0) is 4.74 Å². The molecule has 0 saturated carbocycles. The minimum atomic E-state index is -0.405. The van der Waals surface area contributed by atoms with Crippen molar-refractivity contribution in [1.82, 2.24) is 15.2 Å². The smallest absolute Gasteiger partial charge is 0.414 e. The molecule has 20 heavy (non-hydrogen) atoms. The summed E-state index contributed by atoms with van der Waals surface area (Å²) in [5.74, 6) is -0.0721. The maximum Gasteiger partial charge on any atom is 0.414 e. The van der Waals surface area contributed by atoms with Crippen LogP contribution in [0.5, 0.6) is 0 Å². The normalized spacial score (nSPS) is 14.2. The largest absolute Gasteiger partial charge is 0.447 e. The molecule has 1 saturated heterocycles. The molecule has 0 unspecified atom stereocenters. The Balaban J connectivity index is 1.80.